The first-order chi connectivity index (χ1) is 6.06. The fourth-order valence-electron chi connectivity index (χ4n) is 1.50. The second-order valence-corrected chi connectivity index (χ2v) is 4.09. The summed E-state index contributed by atoms with van der Waals surface area (Å²) in [6.07, 6.45) is 4.34. The van der Waals surface area contributed by atoms with Crippen LogP contribution in [0.2, 0.25) is 0 Å². The van der Waals surface area contributed by atoms with E-state index in [0.29, 0.717) is 0 Å². The molecule has 0 radical (unpaired) electrons. The molecule has 0 bridgehead atoms. The quantitative estimate of drug-likeness (QED) is 0.597. The first kappa shape index (κ1) is 10.0. The van der Waals surface area contributed by atoms with Crippen LogP contribution in [-0.2, 0) is 5.41 Å². The third kappa shape index (κ3) is 2.45. The van der Waals surface area contributed by atoms with E-state index in [2.05, 4.69) is 64.1 Å². The van der Waals surface area contributed by atoms with Crippen molar-refractivity contribution in [3.63, 3.8) is 0 Å². The van der Waals surface area contributed by atoms with Crippen molar-refractivity contribution in [3.05, 3.63) is 47.5 Å². The summed E-state index contributed by atoms with van der Waals surface area (Å²) in [5.74, 6) is 0. The van der Waals surface area contributed by atoms with Gasteiger partial charge in [0.15, 0.2) is 0 Å². The average molecular weight is 174 g/mol. The molecule has 0 amide bonds. The van der Waals surface area contributed by atoms with E-state index in [9.17, 15) is 0 Å². The van der Waals surface area contributed by atoms with Crippen molar-refractivity contribution in [2.75, 3.05) is 0 Å². The molecule has 0 fully saturated rings. The summed E-state index contributed by atoms with van der Waals surface area (Å²) in [4.78, 5) is 0. The summed E-state index contributed by atoms with van der Waals surface area (Å²) in [6.45, 7) is 8.65. The van der Waals surface area contributed by atoms with E-state index in [1.54, 1.807) is 0 Å². The predicted molar refractivity (Wildman–Crippen MR) is 59.0 cm³/mol. The number of hydrogen-bond donors (Lipinski definition) is 0. The molecule has 0 aromatic heterocycles. The van der Waals surface area contributed by atoms with Crippen molar-refractivity contribution in [2.45, 2.75) is 33.1 Å². The van der Waals surface area contributed by atoms with Gasteiger partial charge in [0.1, 0.15) is 0 Å². The van der Waals surface area contributed by atoms with E-state index in [4.69, 9.17) is 0 Å². The van der Waals surface area contributed by atoms with Crippen molar-refractivity contribution in [2.24, 2.45) is 0 Å². The Kier molecular flexibility index (Phi) is 2.92. The molecular weight excluding hydrogens is 156 g/mol. The van der Waals surface area contributed by atoms with Gasteiger partial charge in [0.25, 0.3) is 0 Å². The zero-order valence-corrected chi connectivity index (χ0v) is 8.96. The first-order valence-electron chi connectivity index (χ1n) is 4.77. The summed E-state index contributed by atoms with van der Waals surface area (Å²) >= 11 is 0. The fraction of sp³-hybridized carbons (Fsp3) is 0.385. The Morgan fingerprint density at radius 1 is 1.08 bits per heavy atom. The lowest BCUT2D eigenvalue weighted by molar-refractivity contribution is 0.668. The normalized spacial score (nSPS) is 12.3. The van der Waals surface area contributed by atoms with Crippen LogP contribution in [-0.4, -0.2) is 0 Å². The van der Waals surface area contributed by atoms with Crippen LogP contribution in [0, 0.1) is 6.92 Å². The molecule has 13 heavy (non-hydrogen) atoms. The van der Waals surface area contributed by atoms with E-state index >= 15 is 0 Å². The second kappa shape index (κ2) is 3.78. The van der Waals surface area contributed by atoms with Gasteiger partial charge in [-0.05, 0) is 19.4 Å². The van der Waals surface area contributed by atoms with Crippen LogP contribution in [0.1, 0.15) is 31.9 Å². The molecule has 0 aliphatic carbocycles. The van der Waals surface area contributed by atoms with Gasteiger partial charge in [-0.1, -0.05) is 55.8 Å². The highest BCUT2D eigenvalue weighted by Crippen LogP contribution is 2.24. The van der Waals surface area contributed by atoms with Gasteiger partial charge in [-0.25, -0.2) is 0 Å². The molecule has 0 heterocycles. The van der Waals surface area contributed by atoms with Crippen molar-refractivity contribution in [1.29, 1.82) is 0 Å². The van der Waals surface area contributed by atoms with Crippen molar-refractivity contribution >= 4 is 0 Å². The minimum absolute atomic E-state index is 0.155. The van der Waals surface area contributed by atoms with Crippen LogP contribution in [0.15, 0.2) is 36.4 Å². The molecule has 1 aromatic carbocycles. The lowest BCUT2D eigenvalue weighted by Crippen LogP contribution is -2.12. The zero-order valence-electron chi connectivity index (χ0n) is 8.96. The summed E-state index contributed by atoms with van der Waals surface area (Å²) < 4.78 is 0. The zero-order chi connectivity index (χ0) is 9.90. The molecule has 0 saturated heterocycles. The van der Waals surface area contributed by atoms with Crippen molar-refractivity contribution in [3.8, 4) is 0 Å². The highest BCUT2D eigenvalue weighted by atomic mass is 14.2. The number of hydrogen-bond acceptors (Lipinski definition) is 0. The second-order valence-electron chi connectivity index (χ2n) is 4.09. The van der Waals surface area contributed by atoms with Crippen LogP contribution in [0.4, 0.5) is 0 Å². The number of benzene rings is 1. The molecule has 0 aliphatic rings. The van der Waals surface area contributed by atoms with Crippen molar-refractivity contribution < 1.29 is 0 Å². The SMILES string of the molecule is C/C=C/C(C)(C)c1ccc(C)cc1. The highest BCUT2D eigenvalue weighted by Gasteiger charge is 2.15. The van der Waals surface area contributed by atoms with Gasteiger partial charge in [-0.15, -0.1) is 0 Å². The molecular formula is C13H18. The van der Waals surface area contributed by atoms with E-state index < -0.39 is 0 Å². The van der Waals surface area contributed by atoms with Gasteiger partial charge in [0.05, 0.1) is 0 Å². The van der Waals surface area contributed by atoms with Gasteiger partial charge in [-0.2, -0.15) is 0 Å². The Morgan fingerprint density at radius 3 is 2.08 bits per heavy atom. The van der Waals surface area contributed by atoms with Gasteiger partial charge < -0.3 is 0 Å². The maximum absolute atomic E-state index is 2.23. The third-order valence-corrected chi connectivity index (χ3v) is 2.38. The standard InChI is InChI=1S/C13H18/c1-5-10-13(3,4)12-8-6-11(2)7-9-12/h5-10H,1-4H3/b10-5+. The number of rotatable bonds is 2. The highest BCUT2D eigenvalue weighted by molar-refractivity contribution is 5.31. The summed E-state index contributed by atoms with van der Waals surface area (Å²) in [5, 5.41) is 0. The smallest absolute Gasteiger partial charge is 0.00752 e. The Labute approximate surface area is 81.3 Å². The van der Waals surface area contributed by atoms with Gasteiger partial charge in [0.2, 0.25) is 0 Å². The average Bonchev–Trinajstić information content (AvgIpc) is 2.05. The van der Waals surface area contributed by atoms with E-state index in [0.717, 1.165) is 0 Å². The van der Waals surface area contributed by atoms with Gasteiger partial charge >= 0.3 is 0 Å². The maximum Gasteiger partial charge on any atom is 0.00752 e. The molecule has 0 nitrogen and oxygen atoms in total. The molecule has 1 rings (SSSR count). The largest absolute Gasteiger partial charge is 0.0908 e. The molecule has 0 spiro atoms. The predicted octanol–water partition coefficient (Wildman–Crippen LogP) is 3.85. The van der Waals surface area contributed by atoms with Crippen LogP contribution >= 0.6 is 0 Å². The summed E-state index contributed by atoms with van der Waals surface area (Å²) in [7, 11) is 0. The maximum atomic E-state index is 2.23. The lowest BCUT2D eigenvalue weighted by Gasteiger charge is -2.20. The lowest BCUT2D eigenvalue weighted by atomic mass is 9.84. The number of aryl methyl sites for hydroxylation is 1. The molecule has 70 valence electrons. The Balaban J connectivity index is 3.00. The summed E-state index contributed by atoms with van der Waals surface area (Å²) in [5.41, 5.74) is 2.85. The Bertz CT molecular complexity index is 288. The molecule has 0 atom stereocenters. The molecule has 0 aliphatic heterocycles. The number of allylic oxidation sites excluding steroid dienone is 2. The van der Waals surface area contributed by atoms with Crippen LogP contribution in [0.5, 0.6) is 0 Å². The van der Waals surface area contributed by atoms with Gasteiger partial charge in [-0.3, -0.25) is 0 Å². The van der Waals surface area contributed by atoms with Crippen LogP contribution in [0.3, 0.4) is 0 Å². The molecule has 0 unspecified atom stereocenters. The van der Waals surface area contributed by atoms with Gasteiger partial charge in [0, 0.05) is 5.41 Å². The Hall–Kier alpha value is -1.04. The minimum atomic E-state index is 0.155. The Morgan fingerprint density at radius 2 is 1.62 bits per heavy atom. The minimum Gasteiger partial charge on any atom is -0.0908 e. The molecule has 0 N–H and O–H groups in total. The third-order valence-electron chi connectivity index (χ3n) is 2.38. The fourth-order valence-corrected chi connectivity index (χ4v) is 1.50. The van der Waals surface area contributed by atoms with Crippen LogP contribution in [0.25, 0.3) is 0 Å². The summed E-state index contributed by atoms with van der Waals surface area (Å²) in [6, 6.07) is 8.74. The topological polar surface area (TPSA) is 0 Å². The molecule has 1 aromatic rings. The van der Waals surface area contributed by atoms with E-state index in [-0.39, 0.29) is 5.41 Å². The van der Waals surface area contributed by atoms with E-state index in [1.165, 1.54) is 11.1 Å². The monoisotopic (exact) mass is 174 g/mol. The molecule has 0 saturated carbocycles. The van der Waals surface area contributed by atoms with Crippen molar-refractivity contribution in [1.82, 2.24) is 0 Å². The van der Waals surface area contributed by atoms with E-state index in [1.807, 2.05) is 0 Å². The first-order valence-corrected chi connectivity index (χ1v) is 4.77. The molecule has 0 heteroatoms. The van der Waals surface area contributed by atoms with Crippen LogP contribution < -0.4 is 0 Å².